The highest BCUT2D eigenvalue weighted by molar-refractivity contribution is 6.27. The van der Waals surface area contributed by atoms with Crippen LogP contribution in [-0.2, 0) is 7.05 Å². The minimum absolute atomic E-state index is 0.458. The normalized spacial score (nSPS) is 12.3. The van der Waals surface area contributed by atoms with Crippen molar-refractivity contribution in [3.63, 3.8) is 0 Å². The zero-order chi connectivity index (χ0) is 16.4. The molecule has 0 spiro atoms. The zero-order valence-corrected chi connectivity index (χ0v) is 14.1. The molecule has 0 radical (unpaired) electrons. The van der Waals surface area contributed by atoms with Crippen molar-refractivity contribution < 1.29 is 4.42 Å². The first-order chi connectivity index (χ1) is 11.7. The summed E-state index contributed by atoms with van der Waals surface area (Å²) >= 11 is 0. The first kappa shape index (κ1) is 13.7. The molecule has 2 heterocycles. The number of fused-ring (bicyclic) bond motifs is 7. The van der Waals surface area contributed by atoms with Crippen LogP contribution in [0.2, 0.25) is 0 Å². The predicted molar refractivity (Wildman–Crippen MR) is 102 cm³/mol. The summed E-state index contributed by atoms with van der Waals surface area (Å²) in [5.74, 6) is 0.458. The summed E-state index contributed by atoms with van der Waals surface area (Å²) < 4.78 is 8.48. The summed E-state index contributed by atoms with van der Waals surface area (Å²) in [7, 11) is 2.14. The number of furan rings is 1. The SMILES string of the molecule is CC(C)c1cccc2oc3ccc4c(c5ccccc5n4C)c3c12. The Kier molecular flexibility index (Phi) is 2.64. The van der Waals surface area contributed by atoms with Gasteiger partial charge < -0.3 is 8.98 Å². The minimum atomic E-state index is 0.458. The number of aromatic nitrogens is 1. The largest absolute Gasteiger partial charge is 0.456 e. The van der Waals surface area contributed by atoms with Crippen molar-refractivity contribution in [2.45, 2.75) is 19.8 Å². The minimum Gasteiger partial charge on any atom is -0.456 e. The van der Waals surface area contributed by atoms with Crippen LogP contribution in [0.5, 0.6) is 0 Å². The Balaban J connectivity index is 2.15. The molecule has 0 bridgehead atoms. The van der Waals surface area contributed by atoms with E-state index in [0.29, 0.717) is 5.92 Å². The Morgan fingerprint density at radius 3 is 2.38 bits per heavy atom. The molecule has 118 valence electrons. The molecule has 2 nitrogen and oxygen atoms in total. The molecule has 0 unspecified atom stereocenters. The standard InChI is InChI=1S/C22H19NO/c1-13(2)14-8-6-10-18-21(14)22-19(24-18)12-11-17-20(22)15-7-4-5-9-16(15)23(17)3/h4-13H,1-3H3. The summed E-state index contributed by atoms with van der Waals surface area (Å²) in [6, 6.07) is 19.3. The van der Waals surface area contributed by atoms with Crippen molar-refractivity contribution in [1.29, 1.82) is 0 Å². The van der Waals surface area contributed by atoms with Crippen LogP contribution in [0.3, 0.4) is 0 Å². The molecule has 0 fully saturated rings. The van der Waals surface area contributed by atoms with Crippen molar-refractivity contribution in [2.24, 2.45) is 7.05 Å². The van der Waals surface area contributed by atoms with Crippen molar-refractivity contribution in [3.05, 3.63) is 60.2 Å². The monoisotopic (exact) mass is 313 g/mol. The average molecular weight is 313 g/mol. The van der Waals surface area contributed by atoms with E-state index in [1.807, 2.05) is 0 Å². The second-order valence-electron chi connectivity index (χ2n) is 6.89. The maximum absolute atomic E-state index is 6.20. The number of nitrogens with zero attached hydrogens (tertiary/aromatic N) is 1. The maximum atomic E-state index is 6.20. The van der Waals surface area contributed by atoms with E-state index < -0.39 is 0 Å². The molecule has 0 aliphatic carbocycles. The van der Waals surface area contributed by atoms with Crippen molar-refractivity contribution >= 4 is 43.7 Å². The maximum Gasteiger partial charge on any atom is 0.136 e. The van der Waals surface area contributed by atoms with Gasteiger partial charge in [0, 0.05) is 39.6 Å². The average Bonchev–Trinajstić information content (AvgIpc) is 3.11. The van der Waals surface area contributed by atoms with Crippen LogP contribution in [-0.4, -0.2) is 4.57 Å². The molecule has 24 heavy (non-hydrogen) atoms. The summed E-state index contributed by atoms with van der Waals surface area (Å²) in [5, 5.41) is 5.12. The van der Waals surface area contributed by atoms with Crippen molar-refractivity contribution in [3.8, 4) is 0 Å². The topological polar surface area (TPSA) is 18.1 Å². The zero-order valence-electron chi connectivity index (χ0n) is 14.1. The third-order valence-electron chi connectivity index (χ3n) is 5.19. The van der Waals surface area contributed by atoms with E-state index in [0.717, 1.165) is 11.2 Å². The molecule has 2 aromatic heterocycles. The smallest absolute Gasteiger partial charge is 0.136 e. The summed E-state index contributed by atoms with van der Waals surface area (Å²) in [4.78, 5) is 0. The molecule has 0 aliphatic heterocycles. The summed E-state index contributed by atoms with van der Waals surface area (Å²) in [5.41, 5.74) is 5.83. The van der Waals surface area contributed by atoms with Crippen LogP contribution in [0.4, 0.5) is 0 Å². The third-order valence-corrected chi connectivity index (χ3v) is 5.19. The van der Waals surface area contributed by atoms with E-state index in [9.17, 15) is 0 Å². The molecule has 5 rings (SSSR count). The third kappa shape index (κ3) is 1.60. The van der Waals surface area contributed by atoms with Crippen LogP contribution < -0.4 is 0 Å². The second-order valence-corrected chi connectivity index (χ2v) is 6.89. The fourth-order valence-electron chi connectivity index (χ4n) is 4.07. The first-order valence-corrected chi connectivity index (χ1v) is 8.48. The van der Waals surface area contributed by atoms with Gasteiger partial charge in [0.1, 0.15) is 11.2 Å². The molecule has 0 aliphatic rings. The van der Waals surface area contributed by atoms with Crippen LogP contribution >= 0.6 is 0 Å². The van der Waals surface area contributed by atoms with Crippen LogP contribution in [0, 0.1) is 0 Å². The molecule has 0 saturated heterocycles. The van der Waals surface area contributed by atoms with E-state index in [-0.39, 0.29) is 0 Å². The van der Waals surface area contributed by atoms with Gasteiger partial charge in [-0.15, -0.1) is 0 Å². The quantitative estimate of drug-likeness (QED) is 0.352. The number of rotatable bonds is 1. The molecular weight excluding hydrogens is 294 g/mol. The Labute approximate surface area is 140 Å². The van der Waals surface area contributed by atoms with Gasteiger partial charge in [-0.2, -0.15) is 0 Å². The summed E-state index contributed by atoms with van der Waals surface area (Å²) in [6.07, 6.45) is 0. The highest BCUT2D eigenvalue weighted by Gasteiger charge is 2.18. The van der Waals surface area contributed by atoms with Gasteiger partial charge in [-0.25, -0.2) is 0 Å². The number of para-hydroxylation sites is 1. The number of hydrogen-bond donors (Lipinski definition) is 0. The Morgan fingerprint density at radius 2 is 1.54 bits per heavy atom. The van der Waals surface area contributed by atoms with Gasteiger partial charge in [0.05, 0.1) is 0 Å². The highest BCUT2D eigenvalue weighted by Crippen LogP contribution is 2.41. The van der Waals surface area contributed by atoms with Gasteiger partial charge in [0.15, 0.2) is 0 Å². The van der Waals surface area contributed by atoms with Gasteiger partial charge in [-0.1, -0.05) is 44.2 Å². The molecule has 0 amide bonds. The van der Waals surface area contributed by atoms with E-state index >= 15 is 0 Å². The molecular formula is C22H19NO. The molecule has 2 heteroatoms. The van der Waals surface area contributed by atoms with E-state index in [4.69, 9.17) is 4.42 Å². The van der Waals surface area contributed by atoms with E-state index in [1.165, 1.54) is 38.1 Å². The fourth-order valence-corrected chi connectivity index (χ4v) is 4.07. The molecule has 0 N–H and O–H groups in total. The Bertz CT molecular complexity index is 1240. The van der Waals surface area contributed by atoms with Crippen molar-refractivity contribution in [2.75, 3.05) is 0 Å². The van der Waals surface area contributed by atoms with Gasteiger partial charge in [0.25, 0.3) is 0 Å². The van der Waals surface area contributed by atoms with Crippen LogP contribution in [0.15, 0.2) is 59.0 Å². The van der Waals surface area contributed by atoms with Gasteiger partial charge in [-0.05, 0) is 35.7 Å². The van der Waals surface area contributed by atoms with Crippen LogP contribution in [0.25, 0.3) is 43.7 Å². The van der Waals surface area contributed by atoms with E-state index in [1.54, 1.807) is 0 Å². The van der Waals surface area contributed by atoms with Gasteiger partial charge >= 0.3 is 0 Å². The second kappa shape index (κ2) is 4.64. The van der Waals surface area contributed by atoms with E-state index in [2.05, 4.69) is 80.1 Å². The fraction of sp³-hybridized carbons (Fsp3) is 0.182. The predicted octanol–water partition coefficient (Wildman–Crippen LogP) is 6.35. The summed E-state index contributed by atoms with van der Waals surface area (Å²) in [6.45, 7) is 4.49. The molecule has 0 saturated carbocycles. The lowest BCUT2D eigenvalue weighted by Crippen LogP contribution is -1.88. The van der Waals surface area contributed by atoms with Gasteiger partial charge in [0.2, 0.25) is 0 Å². The van der Waals surface area contributed by atoms with Crippen LogP contribution in [0.1, 0.15) is 25.3 Å². The lowest BCUT2D eigenvalue weighted by Gasteiger charge is -2.07. The number of aryl methyl sites for hydroxylation is 1. The Morgan fingerprint density at radius 1 is 0.750 bits per heavy atom. The van der Waals surface area contributed by atoms with Crippen molar-refractivity contribution in [1.82, 2.24) is 4.57 Å². The highest BCUT2D eigenvalue weighted by atomic mass is 16.3. The number of benzene rings is 3. The first-order valence-electron chi connectivity index (χ1n) is 8.48. The Hall–Kier alpha value is -2.74. The molecule has 5 aromatic rings. The molecule has 3 aromatic carbocycles. The van der Waals surface area contributed by atoms with Gasteiger partial charge in [-0.3, -0.25) is 0 Å². The lowest BCUT2D eigenvalue weighted by molar-refractivity contribution is 0.668. The molecule has 0 atom stereocenters. The number of hydrogen-bond acceptors (Lipinski definition) is 1. The lowest BCUT2D eigenvalue weighted by atomic mass is 9.95.